The van der Waals surface area contributed by atoms with E-state index < -0.39 is 0 Å². The van der Waals surface area contributed by atoms with Gasteiger partial charge in [-0.05, 0) is 41.1 Å². The van der Waals surface area contributed by atoms with Crippen LogP contribution in [0.3, 0.4) is 0 Å². The maximum Gasteiger partial charge on any atom is 0.201 e. The number of pyridine rings is 1. The van der Waals surface area contributed by atoms with E-state index in [2.05, 4.69) is 25.9 Å². The van der Waals surface area contributed by atoms with Crippen molar-refractivity contribution in [2.75, 3.05) is 5.73 Å². The van der Waals surface area contributed by atoms with E-state index >= 15 is 0 Å². The standard InChI is InChI=1S/C14H12BrFN4/c1-8-3-2-4-9(18-8)7-20-13-5-10(15)11(16)6-12(13)19-14(20)17/h2-6H,7H2,1H3,(H2,17,19). The molecule has 3 rings (SSSR count). The number of nitrogens with two attached hydrogens (primary N) is 1. The number of nitrogens with zero attached hydrogens (tertiary/aromatic N) is 3. The smallest absolute Gasteiger partial charge is 0.201 e. The summed E-state index contributed by atoms with van der Waals surface area (Å²) in [7, 11) is 0. The fourth-order valence-electron chi connectivity index (χ4n) is 2.15. The minimum absolute atomic E-state index is 0.348. The molecule has 0 aliphatic rings. The van der Waals surface area contributed by atoms with Crippen LogP contribution in [0.25, 0.3) is 11.0 Å². The number of nitrogen functional groups attached to an aromatic ring is 1. The number of aryl methyl sites for hydroxylation is 1. The third-order valence-corrected chi connectivity index (χ3v) is 3.69. The van der Waals surface area contributed by atoms with Crippen LogP contribution < -0.4 is 5.73 Å². The number of hydrogen-bond acceptors (Lipinski definition) is 3. The molecule has 2 heterocycles. The topological polar surface area (TPSA) is 56.7 Å². The summed E-state index contributed by atoms with van der Waals surface area (Å²) < 4.78 is 15.7. The summed E-state index contributed by atoms with van der Waals surface area (Å²) in [5, 5.41) is 0. The molecule has 2 aromatic heterocycles. The molecule has 0 spiro atoms. The van der Waals surface area contributed by atoms with Crippen LogP contribution in [0.1, 0.15) is 11.4 Å². The van der Waals surface area contributed by atoms with Crippen molar-refractivity contribution in [3.63, 3.8) is 0 Å². The second-order valence-electron chi connectivity index (χ2n) is 4.58. The molecule has 0 fully saturated rings. The van der Waals surface area contributed by atoms with Gasteiger partial charge in [0, 0.05) is 11.8 Å². The highest BCUT2D eigenvalue weighted by Gasteiger charge is 2.12. The van der Waals surface area contributed by atoms with Gasteiger partial charge in [-0.2, -0.15) is 0 Å². The minimum atomic E-state index is -0.351. The van der Waals surface area contributed by atoms with Gasteiger partial charge in [0.2, 0.25) is 5.95 Å². The first-order valence-electron chi connectivity index (χ1n) is 6.08. The monoisotopic (exact) mass is 334 g/mol. The summed E-state index contributed by atoms with van der Waals surface area (Å²) in [6.45, 7) is 2.44. The average molecular weight is 335 g/mol. The number of aromatic nitrogens is 3. The number of benzene rings is 1. The number of halogens is 2. The van der Waals surface area contributed by atoms with E-state index in [-0.39, 0.29) is 5.82 Å². The zero-order chi connectivity index (χ0) is 14.3. The molecule has 0 atom stereocenters. The lowest BCUT2D eigenvalue weighted by molar-refractivity contribution is 0.622. The van der Waals surface area contributed by atoms with E-state index in [1.165, 1.54) is 6.07 Å². The first-order valence-corrected chi connectivity index (χ1v) is 6.87. The second kappa shape index (κ2) is 4.86. The Morgan fingerprint density at radius 2 is 2.10 bits per heavy atom. The Labute approximate surface area is 123 Å². The lowest BCUT2D eigenvalue weighted by Gasteiger charge is -2.07. The molecule has 3 aromatic rings. The van der Waals surface area contributed by atoms with Crippen LogP contribution in [0.15, 0.2) is 34.8 Å². The maximum absolute atomic E-state index is 13.5. The molecule has 0 saturated carbocycles. The van der Waals surface area contributed by atoms with Crippen LogP contribution in [0.5, 0.6) is 0 Å². The Hall–Kier alpha value is -1.95. The minimum Gasteiger partial charge on any atom is -0.369 e. The number of imidazole rings is 1. The van der Waals surface area contributed by atoms with E-state index in [4.69, 9.17) is 5.73 Å². The first-order chi connectivity index (χ1) is 9.54. The first kappa shape index (κ1) is 13.1. The van der Waals surface area contributed by atoms with Crippen molar-refractivity contribution in [3.8, 4) is 0 Å². The molecule has 2 N–H and O–H groups in total. The molecule has 1 aromatic carbocycles. The van der Waals surface area contributed by atoms with Crippen molar-refractivity contribution in [3.05, 3.63) is 52.0 Å². The van der Waals surface area contributed by atoms with Crippen molar-refractivity contribution >= 4 is 32.9 Å². The highest BCUT2D eigenvalue weighted by atomic mass is 79.9. The van der Waals surface area contributed by atoms with Crippen LogP contribution in [0.2, 0.25) is 0 Å². The third-order valence-electron chi connectivity index (χ3n) is 3.09. The van der Waals surface area contributed by atoms with Gasteiger partial charge in [-0.25, -0.2) is 9.37 Å². The molecule has 102 valence electrons. The molecule has 20 heavy (non-hydrogen) atoms. The van der Waals surface area contributed by atoms with Gasteiger partial charge in [0.15, 0.2) is 0 Å². The summed E-state index contributed by atoms with van der Waals surface area (Å²) in [5.41, 5.74) is 9.07. The second-order valence-corrected chi connectivity index (χ2v) is 5.44. The Bertz CT molecular complexity index is 797. The third kappa shape index (κ3) is 2.27. The average Bonchev–Trinajstić information content (AvgIpc) is 2.67. The summed E-state index contributed by atoms with van der Waals surface area (Å²) in [6.07, 6.45) is 0. The van der Waals surface area contributed by atoms with Gasteiger partial charge in [-0.15, -0.1) is 0 Å². The van der Waals surface area contributed by atoms with Gasteiger partial charge >= 0.3 is 0 Å². The number of hydrogen-bond donors (Lipinski definition) is 1. The zero-order valence-corrected chi connectivity index (χ0v) is 12.4. The lowest BCUT2D eigenvalue weighted by atomic mass is 10.3. The molecule has 0 unspecified atom stereocenters. The van der Waals surface area contributed by atoms with E-state index in [1.54, 1.807) is 6.07 Å². The molecule has 0 bridgehead atoms. The summed E-state index contributed by atoms with van der Waals surface area (Å²) in [4.78, 5) is 8.63. The SMILES string of the molecule is Cc1cccc(Cn2c(N)nc3cc(F)c(Br)cc32)n1. The summed E-state index contributed by atoms with van der Waals surface area (Å²) in [6, 6.07) is 8.87. The molecule has 0 radical (unpaired) electrons. The lowest BCUT2D eigenvalue weighted by Crippen LogP contribution is -2.06. The van der Waals surface area contributed by atoms with Gasteiger partial charge in [-0.1, -0.05) is 6.07 Å². The van der Waals surface area contributed by atoms with Crippen LogP contribution in [-0.4, -0.2) is 14.5 Å². The van der Waals surface area contributed by atoms with Crippen molar-refractivity contribution in [1.82, 2.24) is 14.5 Å². The van der Waals surface area contributed by atoms with E-state index in [9.17, 15) is 4.39 Å². The van der Waals surface area contributed by atoms with Crippen molar-refractivity contribution in [1.29, 1.82) is 0 Å². The highest BCUT2D eigenvalue weighted by molar-refractivity contribution is 9.10. The van der Waals surface area contributed by atoms with Gasteiger partial charge in [0.1, 0.15) is 5.82 Å². The predicted molar refractivity (Wildman–Crippen MR) is 79.9 cm³/mol. The Kier molecular flexibility index (Phi) is 3.17. The van der Waals surface area contributed by atoms with E-state index in [1.807, 2.05) is 29.7 Å². The van der Waals surface area contributed by atoms with E-state index in [0.29, 0.717) is 22.5 Å². The molecule has 0 aliphatic heterocycles. The Morgan fingerprint density at radius 3 is 2.85 bits per heavy atom. The van der Waals surface area contributed by atoms with Crippen LogP contribution in [0.4, 0.5) is 10.3 Å². The number of rotatable bonds is 2. The van der Waals surface area contributed by atoms with Crippen molar-refractivity contribution in [2.45, 2.75) is 13.5 Å². The van der Waals surface area contributed by atoms with E-state index in [0.717, 1.165) is 16.9 Å². The number of fused-ring (bicyclic) bond motifs is 1. The van der Waals surface area contributed by atoms with Gasteiger partial charge in [0.25, 0.3) is 0 Å². The van der Waals surface area contributed by atoms with Crippen molar-refractivity contribution < 1.29 is 4.39 Å². The molecule has 0 aliphatic carbocycles. The van der Waals surface area contributed by atoms with Gasteiger partial charge in [0.05, 0.1) is 27.7 Å². The molecular formula is C14H12BrFN4. The van der Waals surface area contributed by atoms with Crippen LogP contribution >= 0.6 is 15.9 Å². The Balaban J connectivity index is 2.11. The summed E-state index contributed by atoms with van der Waals surface area (Å²) >= 11 is 3.18. The van der Waals surface area contributed by atoms with Gasteiger partial charge in [-0.3, -0.25) is 4.98 Å². The maximum atomic E-state index is 13.5. The molecule has 6 heteroatoms. The largest absolute Gasteiger partial charge is 0.369 e. The van der Waals surface area contributed by atoms with Crippen LogP contribution in [-0.2, 0) is 6.54 Å². The van der Waals surface area contributed by atoms with Gasteiger partial charge < -0.3 is 10.3 Å². The fourth-order valence-corrected chi connectivity index (χ4v) is 2.49. The molecule has 0 saturated heterocycles. The van der Waals surface area contributed by atoms with Crippen LogP contribution in [0, 0.1) is 12.7 Å². The number of anilines is 1. The molecule has 4 nitrogen and oxygen atoms in total. The predicted octanol–water partition coefficient (Wildman–Crippen LogP) is 3.27. The fraction of sp³-hybridized carbons (Fsp3) is 0.143. The summed E-state index contributed by atoms with van der Waals surface area (Å²) in [5.74, 6) is -0.00311. The Morgan fingerprint density at radius 1 is 1.30 bits per heavy atom. The molecular weight excluding hydrogens is 323 g/mol. The quantitative estimate of drug-likeness (QED) is 0.782. The normalized spacial score (nSPS) is 11.2. The molecule has 0 amide bonds. The zero-order valence-electron chi connectivity index (χ0n) is 10.8. The van der Waals surface area contributed by atoms with Crippen molar-refractivity contribution in [2.24, 2.45) is 0 Å². The highest BCUT2D eigenvalue weighted by Crippen LogP contribution is 2.25.